The monoisotopic (exact) mass is 248 g/mol. The van der Waals surface area contributed by atoms with Crippen LogP contribution < -0.4 is 5.73 Å². The van der Waals surface area contributed by atoms with E-state index in [0.29, 0.717) is 11.8 Å². The second kappa shape index (κ2) is 5.61. The first-order valence-electron chi connectivity index (χ1n) is 6.10. The Morgan fingerprint density at radius 2 is 2.06 bits per heavy atom. The van der Waals surface area contributed by atoms with Crippen LogP contribution in [0.25, 0.3) is 10.9 Å². The summed E-state index contributed by atoms with van der Waals surface area (Å²) in [5.74, 6) is 1.15. The van der Waals surface area contributed by atoms with Crippen molar-refractivity contribution in [2.75, 3.05) is 5.75 Å². The van der Waals surface area contributed by atoms with Gasteiger partial charge in [0.25, 0.3) is 0 Å². The highest BCUT2D eigenvalue weighted by Crippen LogP contribution is 2.21. The van der Waals surface area contributed by atoms with E-state index >= 15 is 0 Å². The third kappa shape index (κ3) is 2.85. The Bertz CT molecular complexity index is 488. The number of aromatic nitrogens is 1. The summed E-state index contributed by atoms with van der Waals surface area (Å²) < 4.78 is 2.33. The third-order valence-electron chi connectivity index (χ3n) is 2.87. The number of thioether (sulfide) groups is 1. The smallest absolute Gasteiger partial charge is 0.0483 e. The van der Waals surface area contributed by atoms with Crippen LogP contribution in [0.5, 0.6) is 0 Å². The molecule has 1 aromatic heterocycles. The first-order valence-corrected chi connectivity index (χ1v) is 7.15. The van der Waals surface area contributed by atoms with E-state index in [1.807, 2.05) is 11.8 Å². The fourth-order valence-corrected chi connectivity index (χ4v) is 2.83. The lowest BCUT2D eigenvalue weighted by atomic mass is 10.2. The number of hydrogen-bond acceptors (Lipinski definition) is 2. The van der Waals surface area contributed by atoms with Crippen LogP contribution in [-0.4, -0.2) is 15.6 Å². The second-order valence-electron chi connectivity index (χ2n) is 4.49. The molecule has 3 heteroatoms. The molecule has 17 heavy (non-hydrogen) atoms. The molecule has 2 N–H and O–H groups in total. The Kier molecular flexibility index (Phi) is 4.13. The topological polar surface area (TPSA) is 30.9 Å². The van der Waals surface area contributed by atoms with Crippen LogP contribution in [0.1, 0.15) is 19.4 Å². The minimum absolute atomic E-state index is 0.616. The van der Waals surface area contributed by atoms with Gasteiger partial charge in [-0.05, 0) is 16.9 Å². The van der Waals surface area contributed by atoms with E-state index in [2.05, 4.69) is 48.9 Å². The molecule has 2 aromatic rings. The fraction of sp³-hybridized carbons (Fsp3) is 0.429. The minimum atomic E-state index is 0.616. The zero-order chi connectivity index (χ0) is 12.3. The summed E-state index contributed by atoms with van der Waals surface area (Å²) in [6.07, 6.45) is 2.20. The Hall–Kier alpha value is -0.930. The van der Waals surface area contributed by atoms with Gasteiger partial charge in [0.2, 0.25) is 0 Å². The third-order valence-corrected chi connectivity index (χ3v) is 3.96. The molecule has 0 saturated carbocycles. The molecule has 0 fully saturated rings. The van der Waals surface area contributed by atoms with E-state index < -0.39 is 0 Å². The van der Waals surface area contributed by atoms with Crippen molar-refractivity contribution in [3.05, 3.63) is 36.0 Å². The first kappa shape index (κ1) is 12.5. The lowest BCUT2D eigenvalue weighted by Gasteiger charge is -2.07. The maximum Gasteiger partial charge on any atom is 0.0483 e. The Morgan fingerprint density at radius 3 is 2.76 bits per heavy atom. The molecule has 2 rings (SSSR count). The van der Waals surface area contributed by atoms with Gasteiger partial charge in [-0.25, -0.2) is 0 Å². The molecule has 0 radical (unpaired) electrons. The summed E-state index contributed by atoms with van der Waals surface area (Å²) in [6, 6.07) is 8.50. The van der Waals surface area contributed by atoms with Gasteiger partial charge < -0.3 is 10.3 Å². The van der Waals surface area contributed by atoms with Crippen molar-refractivity contribution in [1.82, 2.24) is 4.57 Å². The number of nitrogens with zero attached hydrogens (tertiary/aromatic N) is 1. The predicted octanol–water partition coefficient (Wildman–Crippen LogP) is 3.24. The minimum Gasteiger partial charge on any atom is -0.346 e. The summed E-state index contributed by atoms with van der Waals surface area (Å²) >= 11 is 2.00. The number of nitrogens with two attached hydrogens (primary N) is 1. The van der Waals surface area contributed by atoms with E-state index in [4.69, 9.17) is 5.73 Å². The molecular formula is C14H20N2S. The van der Waals surface area contributed by atoms with Gasteiger partial charge in [-0.1, -0.05) is 32.0 Å². The summed E-state index contributed by atoms with van der Waals surface area (Å²) in [5.41, 5.74) is 8.34. The normalized spacial score (nSPS) is 11.5. The maximum absolute atomic E-state index is 5.79. The van der Waals surface area contributed by atoms with Crippen LogP contribution in [-0.2, 0) is 13.1 Å². The Balaban J connectivity index is 2.22. The van der Waals surface area contributed by atoms with Crippen molar-refractivity contribution >= 4 is 22.7 Å². The number of hydrogen-bond donors (Lipinski definition) is 1. The average molecular weight is 248 g/mol. The van der Waals surface area contributed by atoms with Gasteiger partial charge in [-0.3, -0.25) is 0 Å². The number of fused-ring (bicyclic) bond motifs is 1. The average Bonchev–Trinajstić information content (AvgIpc) is 2.68. The Labute approximate surface area is 107 Å². The highest BCUT2D eigenvalue weighted by molar-refractivity contribution is 7.99. The van der Waals surface area contributed by atoms with Crippen molar-refractivity contribution in [3.8, 4) is 0 Å². The molecule has 1 heterocycles. The molecule has 0 saturated heterocycles. The molecule has 0 aliphatic heterocycles. The standard InChI is InChI=1S/C14H20N2S/c1-11(2)17-8-7-16-10-12(9-15)13-5-3-4-6-14(13)16/h3-6,10-11H,7-9,15H2,1-2H3. The van der Waals surface area contributed by atoms with E-state index in [0.717, 1.165) is 12.3 Å². The maximum atomic E-state index is 5.79. The van der Waals surface area contributed by atoms with Crippen LogP contribution in [0.4, 0.5) is 0 Å². The predicted molar refractivity (Wildman–Crippen MR) is 77.4 cm³/mol. The molecule has 1 aromatic carbocycles. The van der Waals surface area contributed by atoms with Crippen molar-refractivity contribution < 1.29 is 0 Å². The van der Waals surface area contributed by atoms with Crippen LogP contribution in [0.15, 0.2) is 30.5 Å². The van der Waals surface area contributed by atoms with Crippen molar-refractivity contribution in [2.24, 2.45) is 5.73 Å². The highest BCUT2D eigenvalue weighted by atomic mass is 32.2. The van der Waals surface area contributed by atoms with Gasteiger partial charge in [-0.15, -0.1) is 0 Å². The van der Waals surface area contributed by atoms with Gasteiger partial charge in [0.15, 0.2) is 0 Å². The number of benzene rings is 1. The zero-order valence-corrected chi connectivity index (χ0v) is 11.3. The number of para-hydroxylation sites is 1. The van der Waals surface area contributed by atoms with E-state index in [1.54, 1.807) is 0 Å². The van der Waals surface area contributed by atoms with Gasteiger partial charge in [0, 0.05) is 35.9 Å². The summed E-state index contributed by atoms with van der Waals surface area (Å²) in [5, 5.41) is 2.00. The molecule has 0 unspecified atom stereocenters. The highest BCUT2D eigenvalue weighted by Gasteiger charge is 2.06. The summed E-state index contributed by atoms with van der Waals surface area (Å²) in [7, 11) is 0. The van der Waals surface area contributed by atoms with Crippen LogP contribution in [0, 0.1) is 0 Å². The summed E-state index contributed by atoms with van der Waals surface area (Å²) in [4.78, 5) is 0. The van der Waals surface area contributed by atoms with Crippen LogP contribution in [0.3, 0.4) is 0 Å². The molecule has 92 valence electrons. The van der Waals surface area contributed by atoms with Gasteiger partial charge in [-0.2, -0.15) is 11.8 Å². The molecule has 0 aliphatic carbocycles. The molecule has 0 bridgehead atoms. The zero-order valence-electron chi connectivity index (χ0n) is 10.5. The van der Waals surface area contributed by atoms with Crippen molar-refractivity contribution in [3.63, 3.8) is 0 Å². The summed E-state index contributed by atoms with van der Waals surface area (Å²) in [6.45, 7) is 6.15. The van der Waals surface area contributed by atoms with Crippen molar-refractivity contribution in [2.45, 2.75) is 32.2 Å². The Morgan fingerprint density at radius 1 is 1.29 bits per heavy atom. The fourth-order valence-electron chi connectivity index (χ4n) is 2.06. The van der Waals surface area contributed by atoms with E-state index in [9.17, 15) is 0 Å². The molecular weight excluding hydrogens is 228 g/mol. The lowest BCUT2D eigenvalue weighted by molar-refractivity contribution is 0.799. The number of aryl methyl sites for hydroxylation is 1. The molecule has 0 atom stereocenters. The largest absolute Gasteiger partial charge is 0.346 e. The van der Waals surface area contributed by atoms with Gasteiger partial charge in [0.05, 0.1) is 0 Å². The van der Waals surface area contributed by atoms with E-state index in [-0.39, 0.29) is 0 Å². The van der Waals surface area contributed by atoms with Gasteiger partial charge >= 0.3 is 0 Å². The number of rotatable bonds is 5. The SMILES string of the molecule is CC(C)SCCn1cc(CN)c2ccccc21. The molecule has 2 nitrogen and oxygen atoms in total. The van der Waals surface area contributed by atoms with Crippen LogP contribution >= 0.6 is 11.8 Å². The van der Waals surface area contributed by atoms with Crippen molar-refractivity contribution in [1.29, 1.82) is 0 Å². The first-order chi connectivity index (χ1) is 8.22. The molecule has 0 spiro atoms. The molecule has 0 amide bonds. The van der Waals surface area contributed by atoms with E-state index in [1.165, 1.54) is 16.5 Å². The quantitative estimate of drug-likeness (QED) is 0.880. The van der Waals surface area contributed by atoms with Crippen LogP contribution in [0.2, 0.25) is 0 Å². The second-order valence-corrected chi connectivity index (χ2v) is 6.17. The van der Waals surface area contributed by atoms with Gasteiger partial charge in [0.1, 0.15) is 0 Å². The lowest BCUT2D eigenvalue weighted by Crippen LogP contribution is -2.01. The molecule has 0 aliphatic rings.